The van der Waals surface area contributed by atoms with Crippen molar-refractivity contribution in [2.75, 3.05) is 6.26 Å². The topological polar surface area (TPSA) is 15.6 Å². The van der Waals surface area contributed by atoms with Crippen LogP contribution in [0.2, 0.25) is 0 Å². The molecule has 2 nitrogen and oxygen atoms in total. The molecule has 0 bridgehead atoms. The monoisotopic (exact) mass is 502 g/mol. The number of hydrogen-bond donors (Lipinski definition) is 0. The standard InChI is InChI=1S/C24H26N2S.HI/c1-19-14-15-23(20(2)16-19)25-24(27-3)26(17-21-10-6-4-7-11-21)18-22-12-8-5-9-13-22;/h4-16H,17-18H2,1-3H3;1H. The zero-order valence-corrected chi connectivity index (χ0v) is 19.8. The largest absolute Gasteiger partial charge is 0.343 e. The van der Waals surface area contributed by atoms with Crippen molar-refractivity contribution in [1.82, 2.24) is 4.90 Å². The number of hydrogen-bond acceptors (Lipinski definition) is 2. The van der Waals surface area contributed by atoms with E-state index in [9.17, 15) is 0 Å². The van der Waals surface area contributed by atoms with E-state index in [4.69, 9.17) is 4.99 Å². The van der Waals surface area contributed by atoms with Gasteiger partial charge >= 0.3 is 0 Å². The van der Waals surface area contributed by atoms with Crippen LogP contribution in [0.25, 0.3) is 0 Å². The Morgan fingerprint density at radius 2 is 1.36 bits per heavy atom. The summed E-state index contributed by atoms with van der Waals surface area (Å²) in [6.45, 7) is 5.91. The lowest BCUT2D eigenvalue weighted by molar-refractivity contribution is 0.415. The van der Waals surface area contributed by atoms with Crippen LogP contribution in [0.1, 0.15) is 22.3 Å². The molecule has 0 N–H and O–H groups in total. The molecule has 0 aliphatic carbocycles. The average molecular weight is 502 g/mol. The Bertz CT molecular complexity index is 853. The Morgan fingerprint density at radius 3 is 1.82 bits per heavy atom. The first-order valence-electron chi connectivity index (χ1n) is 9.18. The molecule has 0 amide bonds. The zero-order valence-electron chi connectivity index (χ0n) is 16.6. The number of rotatable bonds is 5. The van der Waals surface area contributed by atoms with Crippen molar-refractivity contribution < 1.29 is 0 Å². The highest BCUT2D eigenvalue weighted by atomic mass is 127. The van der Waals surface area contributed by atoms with Crippen molar-refractivity contribution in [2.45, 2.75) is 26.9 Å². The molecular weight excluding hydrogens is 475 g/mol. The van der Waals surface area contributed by atoms with Crippen LogP contribution >= 0.6 is 35.7 Å². The summed E-state index contributed by atoms with van der Waals surface area (Å²) in [6, 6.07) is 27.6. The van der Waals surface area contributed by atoms with Gasteiger partial charge in [0, 0.05) is 13.1 Å². The van der Waals surface area contributed by atoms with Gasteiger partial charge in [0.25, 0.3) is 0 Å². The molecule has 0 aliphatic heterocycles. The Balaban J connectivity index is 0.00000280. The molecule has 3 aromatic carbocycles. The van der Waals surface area contributed by atoms with Crippen LogP contribution in [-0.4, -0.2) is 16.3 Å². The number of benzene rings is 3. The SMILES string of the molecule is CSC(=Nc1ccc(C)cc1C)N(Cc1ccccc1)Cc1ccccc1.I. The lowest BCUT2D eigenvalue weighted by atomic mass is 10.1. The molecule has 0 heterocycles. The van der Waals surface area contributed by atoms with Gasteiger partial charge in [-0.25, -0.2) is 4.99 Å². The third kappa shape index (κ3) is 6.38. The third-order valence-electron chi connectivity index (χ3n) is 4.45. The van der Waals surface area contributed by atoms with Gasteiger partial charge in [0.15, 0.2) is 5.17 Å². The van der Waals surface area contributed by atoms with Gasteiger partial charge in [-0.05, 0) is 42.9 Å². The van der Waals surface area contributed by atoms with E-state index in [1.165, 1.54) is 22.3 Å². The van der Waals surface area contributed by atoms with Gasteiger partial charge in [-0.15, -0.1) is 24.0 Å². The molecule has 0 unspecified atom stereocenters. The molecule has 0 atom stereocenters. The van der Waals surface area contributed by atoms with Crippen molar-refractivity contribution in [3.8, 4) is 0 Å². The molecule has 0 radical (unpaired) electrons. The summed E-state index contributed by atoms with van der Waals surface area (Å²) < 4.78 is 0. The third-order valence-corrected chi connectivity index (χ3v) is 5.17. The summed E-state index contributed by atoms with van der Waals surface area (Å²) in [5.74, 6) is 0. The summed E-state index contributed by atoms with van der Waals surface area (Å²) >= 11 is 1.70. The predicted molar refractivity (Wildman–Crippen MR) is 134 cm³/mol. The number of aryl methyl sites for hydroxylation is 2. The smallest absolute Gasteiger partial charge is 0.164 e. The fourth-order valence-corrected chi connectivity index (χ4v) is 3.66. The van der Waals surface area contributed by atoms with Gasteiger partial charge < -0.3 is 4.90 Å². The first-order valence-corrected chi connectivity index (χ1v) is 10.4. The van der Waals surface area contributed by atoms with Crippen LogP contribution < -0.4 is 0 Å². The summed E-state index contributed by atoms with van der Waals surface area (Å²) in [5, 5.41) is 1.04. The summed E-state index contributed by atoms with van der Waals surface area (Å²) in [5.41, 5.74) is 6.09. The highest BCUT2D eigenvalue weighted by molar-refractivity contribution is 14.0. The van der Waals surface area contributed by atoms with E-state index in [0.717, 1.165) is 23.9 Å². The van der Waals surface area contributed by atoms with Gasteiger partial charge in [0.2, 0.25) is 0 Å². The quantitative estimate of drug-likeness (QED) is 0.213. The molecule has 28 heavy (non-hydrogen) atoms. The average Bonchev–Trinajstić information content (AvgIpc) is 2.69. The lowest BCUT2D eigenvalue weighted by Gasteiger charge is -2.25. The van der Waals surface area contributed by atoms with Crippen molar-refractivity contribution in [2.24, 2.45) is 4.99 Å². The van der Waals surface area contributed by atoms with Crippen molar-refractivity contribution >= 4 is 46.6 Å². The maximum atomic E-state index is 5.02. The van der Waals surface area contributed by atoms with E-state index >= 15 is 0 Å². The predicted octanol–water partition coefficient (Wildman–Crippen LogP) is 6.97. The van der Waals surface area contributed by atoms with Crippen LogP contribution in [-0.2, 0) is 13.1 Å². The lowest BCUT2D eigenvalue weighted by Crippen LogP contribution is -2.27. The summed E-state index contributed by atoms with van der Waals surface area (Å²) in [6.07, 6.45) is 2.10. The highest BCUT2D eigenvalue weighted by Gasteiger charge is 2.13. The van der Waals surface area contributed by atoms with Crippen LogP contribution in [0.3, 0.4) is 0 Å². The van der Waals surface area contributed by atoms with E-state index in [2.05, 4.69) is 104 Å². The molecular formula is C24H27IN2S. The maximum absolute atomic E-state index is 5.02. The van der Waals surface area contributed by atoms with Gasteiger partial charge in [-0.1, -0.05) is 90.1 Å². The Labute approximate surface area is 190 Å². The highest BCUT2D eigenvalue weighted by Crippen LogP contribution is 2.24. The van der Waals surface area contributed by atoms with Crippen LogP contribution in [0.15, 0.2) is 83.9 Å². The van der Waals surface area contributed by atoms with Crippen molar-refractivity contribution in [1.29, 1.82) is 0 Å². The minimum atomic E-state index is 0. The number of thioether (sulfide) groups is 1. The first-order chi connectivity index (χ1) is 13.2. The Hall–Kier alpha value is -1.79. The summed E-state index contributed by atoms with van der Waals surface area (Å²) in [4.78, 5) is 7.37. The Morgan fingerprint density at radius 1 is 0.821 bits per heavy atom. The van der Waals surface area contributed by atoms with E-state index in [0.29, 0.717) is 0 Å². The van der Waals surface area contributed by atoms with Gasteiger partial charge in [0.1, 0.15) is 0 Å². The Kier molecular flexibility index (Phi) is 9.06. The molecule has 3 rings (SSSR count). The fourth-order valence-electron chi connectivity index (χ4n) is 3.08. The number of aliphatic imine (C=N–C) groups is 1. The second kappa shape index (κ2) is 11.3. The van der Waals surface area contributed by atoms with Crippen LogP contribution in [0.5, 0.6) is 0 Å². The van der Waals surface area contributed by atoms with Crippen LogP contribution in [0, 0.1) is 13.8 Å². The molecule has 0 saturated carbocycles. The molecule has 0 aliphatic rings. The molecule has 4 heteroatoms. The maximum Gasteiger partial charge on any atom is 0.164 e. The summed E-state index contributed by atoms with van der Waals surface area (Å²) in [7, 11) is 0. The molecule has 146 valence electrons. The van der Waals surface area contributed by atoms with Crippen molar-refractivity contribution in [3.05, 3.63) is 101 Å². The second-order valence-electron chi connectivity index (χ2n) is 6.72. The second-order valence-corrected chi connectivity index (χ2v) is 7.49. The number of amidine groups is 1. The number of halogens is 1. The van der Waals surface area contributed by atoms with E-state index in [1.807, 2.05) is 0 Å². The van der Waals surface area contributed by atoms with Gasteiger partial charge in [-0.3, -0.25) is 0 Å². The van der Waals surface area contributed by atoms with Crippen molar-refractivity contribution in [3.63, 3.8) is 0 Å². The van der Waals surface area contributed by atoms with E-state index in [1.54, 1.807) is 11.8 Å². The molecule has 0 saturated heterocycles. The molecule has 0 fully saturated rings. The van der Waals surface area contributed by atoms with Gasteiger partial charge in [0.05, 0.1) is 5.69 Å². The first kappa shape index (κ1) is 22.5. The minimum Gasteiger partial charge on any atom is -0.343 e. The molecule has 0 aromatic heterocycles. The number of nitrogens with zero attached hydrogens (tertiary/aromatic N) is 2. The van der Waals surface area contributed by atoms with Crippen LogP contribution in [0.4, 0.5) is 5.69 Å². The normalized spacial score (nSPS) is 11.0. The minimum absolute atomic E-state index is 0. The van der Waals surface area contributed by atoms with Gasteiger partial charge in [-0.2, -0.15) is 0 Å². The van der Waals surface area contributed by atoms with E-state index < -0.39 is 0 Å². The van der Waals surface area contributed by atoms with E-state index in [-0.39, 0.29) is 24.0 Å². The zero-order chi connectivity index (χ0) is 19.1. The fraction of sp³-hybridized carbons (Fsp3) is 0.208. The molecule has 3 aromatic rings. The molecule has 0 spiro atoms.